The van der Waals surface area contributed by atoms with Gasteiger partial charge >= 0.3 is 0 Å². The number of carbonyl (C=O) groups excluding carboxylic acids is 1. The van der Waals surface area contributed by atoms with E-state index in [1.165, 1.54) is 11.6 Å². The van der Waals surface area contributed by atoms with E-state index in [2.05, 4.69) is 22.3 Å². The van der Waals surface area contributed by atoms with Gasteiger partial charge in [0, 0.05) is 6.04 Å². The van der Waals surface area contributed by atoms with Crippen LogP contribution in [0, 0.1) is 5.82 Å². The second-order valence-electron chi connectivity index (χ2n) is 6.16. The predicted octanol–water partition coefficient (Wildman–Crippen LogP) is 4.00. The summed E-state index contributed by atoms with van der Waals surface area (Å²) in [6.07, 6.45) is 2.06. The van der Waals surface area contributed by atoms with Gasteiger partial charge in [0.2, 0.25) is 5.91 Å². The first-order chi connectivity index (χ1) is 12.2. The smallest absolute Gasteiger partial charge is 0.238 e. The van der Waals surface area contributed by atoms with Crippen LogP contribution in [0.2, 0.25) is 0 Å². The standard InChI is InChI=1S/C20H23FN2O2/c1-2-25-16-11-9-15(10-12-16)19-8-5-13-23(19)14-20(24)22-18-7-4-3-6-17(18)21/h3-4,6-7,9-12,19H,2,5,8,13-14H2,1H3,(H,22,24). The highest BCUT2D eigenvalue weighted by Crippen LogP contribution is 2.32. The predicted molar refractivity (Wildman–Crippen MR) is 96.2 cm³/mol. The third-order valence-corrected chi connectivity index (χ3v) is 4.43. The fourth-order valence-electron chi connectivity index (χ4n) is 3.28. The molecular formula is C20H23FN2O2. The monoisotopic (exact) mass is 342 g/mol. The third kappa shape index (κ3) is 4.37. The van der Waals surface area contributed by atoms with Gasteiger partial charge in [-0.25, -0.2) is 4.39 Å². The summed E-state index contributed by atoms with van der Waals surface area (Å²) in [5, 5.41) is 2.66. The molecule has 1 heterocycles. The summed E-state index contributed by atoms with van der Waals surface area (Å²) < 4.78 is 19.1. The SMILES string of the molecule is CCOc1ccc(C2CCCN2CC(=O)Nc2ccccc2F)cc1. The van der Waals surface area contributed by atoms with Crippen LogP contribution in [0.5, 0.6) is 5.75 Å². The molecule has 0 aliphatic carbocycles. The van der Waals surface area contributed by atoms with Gasteiger partial charge in [-0.1, -0.05) is 24.3 Å². The van der Waals surface area contributed by atoms with Crippen molar-refractivity contribution in [2.24, 2.45) is 0 Å². The summed E-state index contributed by atoms with van der Waals surface area (Å²) in [7, 11) is 0. The fraction of sp³-hybridized carbons (Fsp3) is 0.350. The molecule has 25 heavy (non-hydrogen) atoms. The molecule has 1 saturated heterocycles. The average molecular weight is 342 g/mol. The Bertz CT molecular complexity index is 718. The van der Waals surface area contributed by atoms with Crippen molar-refractivity contribution in [2.45, 2.75) is 25.8 Å². The van der Waals surface area contributed by atoms with E-state index in [4.69, 9.17) is 4.74 Å². The van der Waals surface area contributed by atoms with Gasteiger partial charge in [-0.05, 0) is 56.1 Å². The first-order valence-electron chi connectivity index (χ1n) is 8.68. The maximum Gasteiger partial charge on any atom is 0.238 e. The summed E-state index contributed by atoms with van der Waals surface area (Å²) in [5.41, 5.74) is 1.41. The number of hydrogen-bond acceptors (Lipinski definition) is 3. The molecule has 1 fully saturated rings. The first-order valence-corrected chi connectivity index (χ1v) is 8.68. The molecule has 0 radical (unpaired) electrons. The number of rotatable bonds is 6. The van der Waals surface area contributed by atoms with Crippen LogP contribution in [0.15, 0.2) is 48.5 Å². The second kappa shape index (κ2) is 8.12. The zero-order chi connectivity index (χ0) is 17.6. The van der Waals surface area contributed by atoms with Crippen molar-refractivity contribution in [3.8, 4) is 5.75 Å². The minimum Gasteiger partial charge on any atom is -0.494 e. The highest BCUT2D eigenvalue weighted by molar-refractivity contribution is 5.92. The van der Waals surface area contributed by atoms with E-state index in [1.54, 1.807) is 18.2 Å². The lowest BCUT2D eigenvalue weighted by Crippen LogP contribution is -2.33. The number of carbonyl (C=O) groups is 1. The normalized spacial score (nSPS) is 17.4. The number of benzene rings is 2. The van der Waals surface area contributed by atoms with Crippen LogP contribution in [0.25, 0.3) is 0 Å². The summed E-state index contributed by atoms with van der Waals surface area (Å²) in [5.74, 6) is 0.247. The van der Waals surface area contributed by atoms with Crippen molar-refractivity contribution < 1.29 is 13.9 Å². The van der Waals surface area contributed by atoms with Crippen molar-refractivity contribution in [1.29, 1.82) is 0 Å². The van der Waals surface area contributed by atoms with Crippen molar-refractivity contribution >= 4 is 11.6 Å². The van der Waals surface area contributed by atoms with Crippen molar-refractivity contribution in [1.82, 2.24) is 4.90 Å². The Morgan fingerprint density at radius 1 is 1.24 bits per heavy atom. The van der Waals surface area contributed by atoms with Gasteiger partial charge in [-0.3, -0.25) is 9.69 Å². The highest BCUT2D eigenvalue weighted by Gasteiger charge is 2.27. The lowest BCUT2D eigenvalue weighted by atomic mass is 10.0. The highest BCUT2D eigenvalue weighted by atomic mass is 19.1. The fourth-order valence-corrected chi connectivity index (χ4v) is 3.28. The third-order valence-electron chi connectivity index (χ3n) is 4.43. The lowest BCUT2D eigenvalue weighted by Gasteiger charge is -2.24. The Labute approximate surface area is 147 Å². The molecule has 1 aliphatic heterocycles. The molecule has 5 heteroatoms. The van der Waals surface area contributed by atoms with Crippen LogP contribution >= 0.6 is 0 Å². The van der Waals surface area contributed by atoms with Crippen LogP contribution in [-0.2, 0) is 4.79 Å². The number of nitrogens with zero attached hydrogens (tertiary/aromatic N) is 1. The van der Waals surface area contributed by atoms with Gasteiger partial charge in [-0.15, -0.1) is 0 Å². The molecule has 132 valence electrons. The largest absolute Gasteiger partial charge is 0.494 e. The number of para-hydroxylation sites is 1. The Hall–Kier alpha value is -2.40. The Kier molecular flexibility index (Phi) is 5.66. The Balaban J connectivity index is 1.63. The number of anilines is 1. The molecule has 1 unspecified atom stereocenters. The molecule has 2 aromatic rings. The van der Waals surface area contributed by atoms with Gasteiger partial charge in [0.25, 0.3) is 0 Å². The van der Waals surface area contributed by atoms with Crippen LogP contribution in [0.4, 0.5) is 10.1 Å². The van der Waals surface area contributed by atoms with Gasteiger partial charge in [-0.2, -0.15) is 0 Å². The summed E-state index contributed by atoms with van der Waals surface area (Å²) in [6, 6.07) is 14.5. The summed E-state index contributed by atoms with van der Waals surface area (Å²) in [4.78, 5) is 14.4. The molecule has 2 aromatic carbocycles. The van der Waals surface area contributed by atoms with E-state index in [0.29, 0.717) is 6.61 Å². The van der Waals surface area contributed by atoms with Crippen LogP contribution in [-0.4, -0.2) is 30.5 Å². The number of hydrogen-bond donors (Lipinski definition) is 1. The Morgan fingerprint density at radius 3 is 2.72 bits per heavy atom. The molecule has 1 aliphatic rings. The van der Waals surface area contributed by atoms with Gasteiger partial charge in [0.1, 0.15) is 11.6 Å². The molecule has 0 saturated carbocycles. The molecule has 3 rings (SSSR count). The maximum absolute atomic E-state index is 13.7. The minimum atomic E-state index is -0.416. The topological polar surface area (TPSA) is 41.6 Å². The van der Waals surface area contributed by atoms with E-state index in [9.17, 15) is 9.18 Å². The van der Waals surface area contributed by atoms with Crippen LogP contribution in [0.3, 0.4) is 0 Å². The van der Waals surface area contributed by atoms with E-state index >= 15 is 0 Å². The molecule has 1 N–H and O–H groups in total. The molecule has 1 amide bonds. The number of likely N-dealkylation sites (tertiary alicyclic amines) is 1. The Morgan fingerprint density at radius 2 is 2.00 bits per heavy atom. The maximum atomic E-state index is 13.7. The molecular weight excluding hydrogens is 319 g/mol. The van der Waals surface area contributed by atoms with Gasteiger partial charge < -0.3 is 10.1 Å². The molecule has 0 bridgehead atoms. The molecule has 0 spiro atoms. The van der Waals surface area contributed by atoms with Crippen LogP contribution in [0.1, 0.15) is 31.4 Å². The first kappa shape index (κ1) is 17.4. The zero-order valence-corrected chi connectivity index (χ0v) is 14.4. The molecule has 4 nitrogen and oxygen atoms in total. The lowest BCUT2D eigenvalue weighted by molar-refractivity contribution is -0.117. The summed E-state index contributed by atoms with van der Waals surface area (Å²) in [6.45, 7) is 3.72. The van der Waals surface area contributed by atoms with E-state index in [1.807, 2.05) is 19.1 Å². The quantitative estimate of drug-likeness (QED) is 0.863. The van der Waals surface area contributed by atoms with Gasteiger partial charge in [0.15, 0.2) is 0 Å². The van der Waals surface area contributed by atoms with E-state index in [0.717, 1.165) is 25.1 Å². The van der Waals surface area contributed by atoms with E-state index in [-0.39, 0.29) is 24.2 Å². The van der Waals surface area contributed by atoms with Crippen molar-refractivity contribution in [3.05, 3.63) is 59.9 Å². The average Bonchev–Trinajstić information content (AvgIpc) is 3.06. The number of halogens is 1. The molecule has 1 atom stereocenters. The number of nitrogens with one attached hydrogen (secondary N) is 1. The zero-order valence-electron chi connectivity index (χ0n) is 14.4. The van der Waals surface area contributed by atoms with Crippen molar-refractivity contribution in [3.63, 3.8) is 0 Å². The van der Waals surface area contributed by atoms with E-state index < -0.39 is 5.82 Å². The summed E-state index contributed by atoms with van der Waals surface area (Å²) >= 11 is 0. The number of ether oxygens (including phenoxy) is 1. The minimum absolute atomic E-state index is 0.192. The number of amides is 1. The second-order valence-corrected chi connectivity index (χ2v) is 6.16. The molecule has 0 aromatic heterocycles. The van der Waals surface area contributed by atoms with Crippen molar-refractivity contribution in [2.75, 3.05) is 25.0 Å². The van der Waals surface area contributed by atoms with Crippen LogP contribution < -0.4 is 10.1 Å². The van der Waals surface area contributed by atoms with Gasteiger partial charge in [0.05, 0.1) is 18.8 Å².